The summed E-state index contributed by atoms with van der Waals surface area (Å²) in [6.45, 7) is 5.50. The first-order valence-corrected chi connectivity index (χ1v) is 11.2. The number of aromatic nitrogens is 3. The first-order valence-electron chi connectivity index (χ1n) is 11.2. The minimum atomic E-state index is -0.139. The van der Waals surface area contributed by atoms with E-state index in [0.29, 0.717) is 43.4 Å². The van der Waals surface area contributed by atoms with Crippen molar-refractivity contribution >= 4 is 11.8 Å². The Morgan fingerprint density at radius 2 is 1.97 bits per heavy atom. The van der Waals surface area contributed by atoms with Crippen LogP contribution in [0.1, 0.15) is 59.9 Å². The van der Waals surface area contributed by atoms with Gasteiger partial charge in [0.05, 0.1) is 5.60 Å². The minimum Gasteiger partial charge on any atom is -0.375 e. The smallest absolute Gasteiger partial charge is 0.272 e. The number of hydrogen-bond acceptors (Lipinski definition) is 5. The molecule has 0 bridgehead atoms. The molecule has 0 aromatic carbocycles. The number of rotatable bonds is 6. The average Bonchev–Trinajstić information content (AvgIpc) is 3.29. The van der Waals surface area contributed by atoms with Crippen molar-refractivity contribution in [3.63, 3.8) is 0 Å². The van der Waals surface area contributed by atoms with Crippen LogP contribution in [-0.2, 0) is 11.3 Å². The molecule has 2 amide bonds. The highest BCUT2D eigenvalue weighted by Crippen LogP contribution is 2.38. The number of piperidine rings is 1. The summed E-state index contributed by atoms with van der Waals surface area (Å²) in [6.07, 6.45) is 9.62. The predicted molar refractivity (Wildman–Crippen MR) is 116 cm³/mol. The first-order chi connectivity index (χ1) is 15.1. The Morgan fingerprint density at radius 1 is 1.19 bits per heavy atom. The second kappa shape index (κ2) is 9.60. The van der Waals surface area contributed by atoms with E-state index in [2.05, 4.69) is 15.4 Å². The van der Waals surface area contributed by atoms with Gasteiger partial charge in [-0.3, -0.25) is 19.3 Å². The zero-order valence-electron chi connectivity index (χ0n) is 18.1. The molecule has 4 rings (SSSR count). The topological polar surface area (TPSA) is 89.4 Å². The lowest BCUT2D eigenvalue weighted by molar-refractivity contribution is -0.124. The number of nitrogens with one attached hydrogen (secondary N) is 1. The van der Waals surface area contributed by atoms with Crippen LogP contribution in [0.5, 0.6) is 0 Å². The van der Waals surface area contributed by atoms with Gasteiger partial charge in [-0.05, 0) is 63.1 Å². The average molecular weight is 426 g/mol. The molecule has 8 heteroatoms. The number of pyridine rings is 1. The molecule has 0 aliphatic carbocycles. The van der Waals surface area contributed by atoms with Crippen LogP contribution in [0.4, 0.5) is 0 Å². The van der Waals surface area contributed by atoms with Crippen LogP contribution in [0.2, 0.25) is 0 Å². The summed E-state index contributed by atoms with van der Waals surface area (Å²) in [7, 11) is 0. The molecule has 2 aromatic rings. The van der Waals surface area contributed by atoms with E-state index in [1.807, 2.05) is 11.8 Å². The lowest BCUT2D eigenvalue weighted by Crippen LogP contribution is -2.51. The van der Waals surface area contributed by atoms with Gasteiger partial charge in [0.15, 0.2) is 0 Å². The van der Waals surface area contributed by atoms with E-state index in [9.17, 15) is 9.59 Å². The quantitative estimate of drug-likeness (QED) is 0.768. The summed E-state index contributed by atoms with van der Waals surface area (Å²) >= 11 is 0. The lowest BCUT2D eigenvalue weighted by Gasteiger charge is -2.46. The van der Waals surface area contributed by atoms with E-state index in [4.69, 9.17) is 4.74 Å². The van der Waals surface area contributed by atoms with E-state index in [1.54, 1.807) is 41.5 Å². The number of nitrogens with zero attached hydrogens (tertiary/aromatic N) is 4. The Labute approximate surface area is 183 Å². The van der Waals surface area contributed by atoms with E-state index in [-0.39, 0.29) is 17.4 Å². The molecular formula is C23H31N5O3. The van der Waals surface area contributed by atoms with Gasteiger partial charge in [-0.1, -0.05) is 0 Å². The van der Waals surface area contributed by atoms with Gasteiger partial charge in [0, 0.05) is 56.9 Å². The zero-order chi connectivity index (χ0) is 21.7. The number of likely N-dealkylation sites (tertiary alicyclic amines) is 1. The minimum absolute atomic E-state index is 0.0534. The monoisotopic (exact) mass is 425 g/mol. The summed E-state index contributed by atoms with van der Waals surface area (Å²) in [5, 5.41) is 7.23. The van der Waals surface area contributed by atoms with Crippen LogP contribution in [0.25, 0.3) is 0 Å². The Kier molecular flexibility index (Phi) is 6.65. The van der Waals surface area contributed by atoms with Crippen LogP contribution in [-0.4, -0.2) is 63.3 Å². The fourth-order valence-corrected chi connectivity index (χ4v) is 4.76. The Morgan fingerprint density at radius 3 is 2.71 bits per heavy atom. The van der Waals surface area contributed by atoms with E-state index in [0.717, 1.165) is 38.7 Å². The molecule has 31 heavy (non-hydrogen) atoms. The van der Waals surface area contributed by atoms with Gasteiger partial charge in [-0.25, -0.2) is 0 Å². The highest BCUT2D eigenvalue weighted by molar-refractivity contribution is 5.94. The summed E-state index contributed by atoms with van der Waals surface area (Å²) in [6, 6.07) is 5.24. The van der Waals surface area contributed by atoms with Crippen LogP contribution in [0, 0.1) is 5.92 Å². The Hall–Kier alpha value is -2.74. The van der Waals surface area contributed by atoms with Gasteiger partial charge in [0.1, 0.15) is 5.69 Å². The Balaban J connectivity index is 1.26. The molecule has 2 aliphatic rings. The molecule has 1 spiro atoms. The summed E-state index contributed by atoms with van der Waals surface area (Å²) in [5.41, 5.74) is 1.16. The van der Waals surface area contributed by atoms with E-state index < -0.39 is 0 Å². The fourth-order valence-electron chi connectivity index (χ4n) is 4.76. The molecule has 8 nitrogen and oxygen atoms in total. The van der Waals surface area contributed by atoms with Crippen LogP contribution >= 0.6 is 0 Å². The third-order valence-electron chi connectivity index (χ3n) is 6.57. The van der Waals surface area contributed by atoms with Crippen molar-refractivity contribution in [2.75, 3.05) is 26.2 Å². The molecule has 4 heterocycles. The van der Waals surface area contributed by atoms with Gasteiger partial charge in [-0.15, -0.1) is 0 Å². The number of ether oxygens (including phenoxy) is 1. The molecule has 1 atom stereocenters. The maximum atomic E-state index is 12.9. The van der Waals surface area contributed by atoms with Crippen LogP contribution < -0.4 is 5.32 Å². The van der Waals surface area contributed by atoms with Gasteiger partial charge >= 0.3 is 0 Å². The molecule has 1 unspecified atom stereocenters. The second-order valence-corrected chi connectivity index (χ2v) is 8.50. The number of hydrogen-bond donors (Lipinski definition) is 1. The highest BCUT2D eigenvalue weighted by Gasteiger charge is 2.41. The van der Waals surface area contributed by atoms with Crippen molar-refractivity contribution in [3.05, 3.63) is 48.0 Å². The largest absolute Gasteiger partial charge is 0.375 e. The van der Waals surface area contributed by atoms with E-state index in [1.165, 1.54) is 0 Å². The van der Waals surface area contributed by atoms with Crippen molar-refractivity contribution in [2.45, 2.75) is 51.2 Å². The molecule has 2 aromatic heterocycles. The normalized spacial score (nSPS) is 20.5. The second-order valence-electron chi connectivity index (χ2n) is 8.50. The molecule has 0 radical (unpaired) electrons. The summed E-state index contributed by atoms with van der Waals surface area (Å²) in [5.74, 6) is 0.526. The number of carbonyl (C=O) groups is 2. The predicted octanol–water partition coefficient (Wildman–Crippen LogP) is 2.52. The maximum Gasteiger partial charge on any atom is 0.272 e. The van der Waals surface area contributed by atoms with Crippen LogP contribution in [0.3, 0.4) is 0 Å². The third kappa shape index (κ3) is 4.95. The molecule has 2 aliphatic heterocycles. The van der Waals surface area contributed by atoms with Crippen molar-refractivity contribution in [3.8, 4) is 0 Å². The van der Waals surface area contributed by atoms with Crippen molar-refractivity contribution in [2.24, 2.45) is 5.92 Å². The molecular weight excluding hydrogens is 394 g/mol. The van der Waals surface area contributed by atoms with Gasteiger partial charge in [-0.2, -0.15) is 5.10 Å². The number of aryl methyl sites for hydroxylation is 1. The summed E-state index contributed by atoms with van der Waals surface area (Å²) < 4.78 is 8.00. The SMILES string of the molecule is CCn1nccc1C(=O)N1CCC2(CC1)CC(CCNC(=O)c1ccncc1)CCO2. The van der Waals surface area contributed by atoms with Crippen molar-refractivity contribution in [1.29, 1.82) is 0 Å². The van der Waals surface area contributed by atoms with Crippen molar-refractivity contribution in [1.82, 2.24) is 25.0 Å². The standard InChI is InChI=1S/C23H31N5O3/c1-2-28-20(6-13-26-28)22(30)27-14-8-23(9-15-27)17-18(7-16-31-23)3-12-25-21(29)19-4-10-24-11-5-19/h4-6,10-11,13,18H,2-3,7-9,12,14-17H2,1H3,(H,25,29). The van der Waals surface area contributed by atoms with Crippen molar-refractivity contribution < 1.29 is 14.3 Å². The molecule has 2 saturated heterocycles. The maximum absolute atomic E-state index is 12.9. The van der Waals surface area contributed by atoms with Gasteiger partial charge < -0.3 is 15.0 Å². The van der Waals surface area contributed by atoms with E-state index >= 15 is 0 Å². The molecule has 2 fully saturated rings. The zero-order valence-corrected chi connectivity index (χ0v) is 18.1. The fraction of sp³-hybridized carbons (Fsp3) is 0.565. The molecule has 166 valence electrons. The summed E-state index contributed by atoms with van der Waals surface area (Å²) in [4.78, 5) is 31.0. The first kappa shape index (κ1) is 21.5. The lowest BCUT2D eigenvalue weighted by atomic mass is 9.78. The highest BCUT2D eigenvalue weighted by atomic mass is 16.5. The van der Waals surface area contributed by atoms with Gasteiger partial charge in [0.25, 0.3) is 11.8 Å². The molecule has 1 N–H and O–H groups in total. The molecule has 0 saturated carbocycles. The van der Waals surface area contributed by atoms with Crippen LogP contribution in [0.15, 0.2) is 36.8 Å². The number of carbonyl (C=O) groups excluding carboxylic acids is 2. The number of amides is 2. The Bertz CT molecular complexity index is 890. The van der Waals surface area contributed by atoms with Gasteiger partial charge in [0.2, 0.25) is 0 Å². The third-order valence-corrected chi connectivity index (χ3v) is 6.57.